The topological polar surface area (TPSA) is 114 Å². The lowest BCUT2D eigenvalue weighted by Gasteiger charge is -2.03. The summed E-state index contributed by atoms with van der Waals surface area (Å²) in [6, 6.07) is 5.63. The van der Waals surface area contributed by atoms with Crippen LogP contribution in [0.2, 0.25) is 0 Å². The second-order valence-electron chi connectivity index (χ2n) is 6.11. The molecule has 9 heteroatoms. The molecule has 0 saturated carbocycles. The van der Waals surface area contributed by atoms with Gasteiger partial charge in [0.2, 0.25) is 11.9 Å². The predicted octanol–water partition coefficient (Wildman–Crippen LogP) is 1.53. The lowest BCUT2D eigenvalue weighted by atomic mass is 10.1. The summed E-state index contributed by atoms with van der Waals surface area (Å²) in [5, 5.41) is 13.9. The molecule has 0 fully saturated rings. The first-order valence-electron chi connectivity index (χ1n) is 8.06. The Labute approximate surface area is 144 Å². The van der Waals surface area contributed by atoms with E-state index in [1.54, 1.807) is 10.9 Å². The number of amides is 1. The SMILES string of the molecule is CC(=O)Nc1n[nH]c(Cc2nc(CC(C)C)nn2-c2ccccn2)n1. The molecule has 0 aromatic carbocycles. The summed E-state index contributed by atoms with van der Waals surface area (Å²) >= 11 is 0. The van der Waals surface area contributed by atoms with Gasteiger partial charge in [-0.25, -0.2) is 9.97 Å². The second-order valence-corrected chi connectivity index (χ2v) is 6.11. The molecule has 2 N–H and O–H groups in total. The van der Waals surface area contributed by atoms with E-state index >= 15 is 0 Å². The van der Waals surface area contributed by atoms with Gasteiger partial charge in [-0.3, -0.25) is 15.2 Å². The zero-order chi connectivity index (χ0) is 17.8. The average Bonchev–Trinajstić information content (AvgIpc) is 3.14. The third-order valence-electron chi connectivity index (χ3n) is 3.32. The van der Waals surface area contributed by atoms with E-state index in [1.807, 2.05) is 18.2 Å². The first-order valence-corrected chi connectivity index (χ1v) is 8.06. The highest BCUT2D eigenvalue weighted by atomic mass is 16.1. The fourth-order valence-corrected chi connectivity index (χ4v) is 2.36. The zero-order valence-electron chi connectivity index (χ0n) is 14.4. The molecule has 0 spiro atoms. The monoisotopic (exact) mass is 340 g/mol. The van der Waals surface area contributed by atoms with E-state index in [2.05, 4.69) is 49.4 Å². The van der Waals surface area contributed by atoms with Crippen LogP contribution in [0.4, 0.5) is 5.95 Å². The van der Waals surface area contributed by atoms with E-state index in [4.69, 9.17) is 0 Å². The summed E-state index contributed by atoms with van der Waals surface area (Å²) in [6.45, 7) is 5.65. The summed E-state index contributed by atoms with van der Waals surface area (Å²) in [5.41, 5.74) is 0. The smallest absolute Gasteiger partial charge is 0.248 e. The Morgan fingerprint density at radius 2 is 2.16 bits per heavy atom. The number of hydrogen-bond donors (Lipinski definition) is 2. The van der Waals surface area contributed by atoms with Gasteiger partial charge in [-0.1, -0.05) is 19.9 Å². The molecule has 0 aliphatic heterocycles. The zero-order valence-corrected chi connectivity index (χ0v) is 14.4. The van der Waals surface area contributed by atoms with Gasteiger partial charge < -0.3 is 0 Å². The first-order chi connectivity index (χ1) is 12.0. The number of rotatable bonds is 6. The first kappa shape index (κ1) is 16.7. The van der Waals surface area contributed by atoms with E-state index in [9.17, 15) is 4.79 Å². The van der Waals surface area contributed by atoms with Gasteiger partial charge in [-0.05, 0) is 18.1 Å². The van der Waals surface area contributed by atoms with Crippen LogP contribution in [0, 0.1) is 5.92 Å². The largest absolute Gasteiger partial charge is 0.293 e. The molecule has 3 heterocycles. The number of aromatic nitrogens is 7. The van der Waals surface area contributed by atoms with Gasteiger partial charge >= 0.3 is 0 Å². The van der Waals surface area contributed by atoms with Crippen LogP contribution in [0.25, 0.3) is 5.82 Å². The number of carbonyl (C=O) groups excluding carboxylic acids is 1. The lowest BCUT2D eigenvalue weighted by Crippen LogP contribution is -2.08. The minimum Gasteiger partial charge on any atom is -0.293 e. The van der Waals surface area contributed by atoms with Gasteiger partial charge in [0.25, 0.3) is 0 Å². The molecule has 1 amide bonds. The molecule has 3 rings (SSSR count). The molecule has 25 heavy (non-hydrogen) atoms. The summed E-state index contributed by atoms with van der Waals surface area (Å²) < 4.78 is 1.72. The summed E-state index contributed by atoms with van der Waals surface area (Å²) in [4.78, 5) is 24.3. The van der Waals surface area contributed by atoms with Crippen LogP contribution in [-0.4, -0.2) is 40.8 Å². The molecule has 0 aliphatic rings. The quantitative estimate of drug-likeness (QED) is 0.703. The molecule has 0 unspecified atom stereocenters. The Morgan fingerprint density at radius 1 is 1.32 bits per heavy atom. The van der Waals surface area contributed by atoms with Crippen LogP contribution in [-0.2, 0) is 17.6 Å². The van der Waals surface area contributed by atoms with E-state index in [1.165, 1.54) is 6.92 Å². The van der Waals surface area contributed by atoms with Crippen molar-refractivity contribution in [1.29, 1.82) is 0 Å². The van der Waals surface area contributed by atoms with Crippen molar-refractivity contribution in [2.24, 2.45) is 5.92 Å². The van der Waals surface area contributed by atoms with Crippen molar-refractivity contribution in [3.63, 3.8) is 0 Å². The third-order valence-corrected chi connectivity index (χ3v) is 3.32. The highest BCUT2D eigenvalue weighted by Crippen LogP contribution is 2.13. The maximum atomic E-state index is 11.1. The summed E-state index contributed by atoms with van der Waals surface area (Å²) in [5.74, 6) is 3.22. The Bertz CT molecular complexity index is 852. The molecule has 0 bridgehead atoms. The molecule has 0 saturated heterocycles. The molecular formula is C16H20N8O. The predicted molar refractivity (Wildman–Crippen MR) is 91.2 cm³/mol. The molecule has 0 radical (unpaired) electrons. The summed E-state index contributed by atoms with van der Waals surface area (Å²) in [6.07, 6.45) is 2.89. The molecular weight excluding hydrogens is 320 g/mol. The van der Waals surface area contributed by atoms with E-state index < -0.39 is 0 Å². The number of H-pyrrole nitrogens is 1. The van der Waals surface area contributed by atoms with Crippen molar-refractivity contribution in [3.05, 3.63) is 41.9 Å². The van der Waals surface area contributed by atoms with Crippen molar-refractivity contribution >= 4 is 11.9 Å². The van der Waals surface area contributed by atoms with Crippen molar-refractivity contribution in [2.75, 3.05) is 5.32 Å². The number of carbonyl (C=O) groups is 1. The highest BCUT2D eigenvalue weighted by molar-refractivity contribution is 5.86. The normalized spacial score (nSPS) is 11.0. The minimum absolute atomic E-state index is 0.221. The highest BCUT2D eigenvalue weighted by Gasteiger charge is 2.16. The van der Waals surface area contributed by atoms with Crippen LogP contribution in [0.3, 0.4) is 0 Å². The molecule has 3 aromatic heterocycles. The van der Waals surface area contributed by atoms with Crippen molar-refractivity contribution in [3.8, 4) is 5.82 Å². The molecule has 3 aromatic rings. The van der Waals surface area contributed by atoms with Gasteiger partial charge in [0.05, 0.1) is 6.42 Å². The standard InChI is InChI=1S/C16H20N8O/c1-10(2)8-13-19-15(24(23-13)14-6-4-5-7-17-14)9-12-20-16(22-21-12)18-11(3)25/h4-7,10H,8-9H2,1-3H3,(H2,18,20,21,22,25). The van der Waals surface area contributed by atoms with Crippen LogP contribution in [0.1, 0.15) is 38.2 Å². The molecule has 130 valence electrons. The van der Waals surface area contributed by atoms with Gasteiger partial charge in [-0.2, -0.15) is 9.67 Å². The number of nitrogens with zero attached hydrogens (tertiary/aromatic N) is 6. The summed E-state index contributed by atoms with van der Waals surface area (Å²) in [7, 11) is 0. The van der Waals surface area contributed by atoms with Crippen molar-refractivity contribution in [1.82, 2.24) is 34.9 Å². The Balaban J connectivity index is 1.89. The van der Waals surface area contributed by atoms with Crippen molar-refractivity contribution in [2.45, 2.75) is 33.6 Å². The molecule has 0 atom stereocenters. The number of hydrogen-bond acceptors (Lipinski definition) is 6. The second kappa shape index (κ2) is 7.20. The van der Waals surface area contributed by atoms with Crippen LogP contribution in [0.15, 0.2) is 24.4 Å². The fraction of sp³-hybridized carbons (Fsp3) is 0.375. The Morgan fingerprint density at radius 3 is 2.84 bits per heavy atom. The third kappa shape index (κ3) is 4.25. The van der Waals surface area contributed by atoms with Gasteiger partial charge in [-0.15, -0.1) is 10.2 Å². The fourth-order valence-electron chi connectivity index (χ4n) is 2.36. The Kier molecular flexibility index (Phi) is 4.82. The van der Waals surface area contributed by atoms with Crippen LogP contribution in [0.5, 0.6) is 0 Å². The van der Waals surface area contributed by atoms with E-state index in [0.717, 1.165) is 12.2 Å². The van der Waals surface area contributed by atoms with Gasteiger partial charge in [0.1, 0.15) is 11.6 Å². The molecule has 0 aliphatic carbocycles. The maximum Gasteiger partial charge on any atom is 0.248 e. The molecule has 9 nitrogen and oxygen atoms in total. The van der Waals surface area contributed by atoms with Crippen molar-refractivity contribution < 1.29 is 4.79 Å². The van der Waals surface area contributed by atoms with Gasteiger partial charge in [0, 0.05) is 19.5 Å². The van der Waals surface area contributed by atoms with Crippen LogP contribution < -0.4 is 5.32 Å². The van der Waals surface area contributed by atoms with E-state index in [0.29, 0.717) is 29.8 Å². The average molecular weight is 340 g/mol. The number of anilines is 1. The lowest BCUT2D eigenvalue weighted by molar-refractivity contribution is -0.114. The number of nitrogens with one attached hydrogen (secondary N) is 2. The number of pyridine rings is 1. The maximum absolute atomic E-state index is 11.1. The van der Waals surface area contributed by atoms with Gasteiger partial charge in [0.15, 0.2) is 11.6 Å². The minimum atomic E-state index is -0.221. The Hall–Kier alpha value is -3.10. The number of aromatic amines is 1. The van der Waals surface area contributed by atoms with E-state index in [-0.39, 0.29) is 11.9 Å². The van der Waals surface area contributed by atoms with Crippen LogP contribution >= 0.6 is 0 Å².